The van der Waals surface area contributed by atoms with Gasteiger partial charge in [-0.1, -0.05) is 62.4 Å². The zero-order valence-corrected chi connectivity index (χ0v) is 13.3. The topological polar surface area (TPSA) is 41.6 Å². The van der Waals surface area contributed by atoms with Crippen LogP contribution in [0.2, 0.25) is 0 Å². The molecule has 3 rings (SSSR count). The molecule has 2 atom stereocenters. The molecule has 1 N–H and O–H groups in total. The van der Waals surface area contributed by atoms with Crippen LogP contribution in [0.1, 0.15) is 56.6 Å². The first kappa shape index (κ1) is 15.5. The normalized spacial score (nSPS) is 27.7. The van der Waals surface area contributed by atoms with Crippen molar-refractivity contribution < 1.29 is 9.63 Å². The Morgan fingerprint density at radius 3 is 2.36 bits per heavy atom. The molecule has 0 bridgehead atoms. The lowest BCUT2D eigenvalue weighted by Crippen LogP contribution is -2.45. The third-order valence-electron chi connectivity index (χ3n) is 4.80. The molecule has 0 spiro atoms. The summed E-state index contributed by atoms with van der Waals surface area (Å²) in [6.07, 6.45) is 8.60. The number of hydrogen-bond acceptors (Lipinski definition) is 3. The molecule has 1 aromatic carbocycles. The first-order chi connectivity index (χ1) is 10.8. The summed E-state index contributed by atoms with van der Waals surface area (Å²) in [5.41, 5.74) is 1.06. The molecule has 2 fully saturated rings. The summed E-state index contributed by atoms with van der Waals surface area (Å²) in [6.45, 7) is 0. The van der Waals surface area contributed by atoms with Gasteiger partial charge in [0.15, 0.2) is 0 Å². The molecule has 4 nitrogen and oxygen atoms in total. The van der Waals surface area contributed by atoms with E-state index in [2.05, 4.69) is 5.32 Å². The monoisotopic (exact) mass is 302 g/mol. The Morgan fingerprint density at radius 1 is 1.05 bits per heavy atom. The highest BCUT2D eigenvalue weighted by molar-refractivity contribution is 5.83. The highest BCUT2D eigenvalue weighted by Crippen LogP contribution is 2.30. The summed E-state index contributed by atoms with van der Waals surface area (Å²) in [5.74, 6) is 0.0379. The fraction of sp³-hybridized carbons (Fsp3) is 0.611. The molecule has 1 amide bonds. The lowest BCUT2D eigenvalue weighted by Gasteiger charge is -2.25. The second kappa shape index (κ2) is 7.25. The number of nitrogens with zero attached hydrogens (tertiary/aromatic N) is 1. The first-order valence-electron chi connectivity index (χ1n) is 8.51. The number of carbonyl (C=O) groups excluding carboxylic acids is 1. The van der Waals surface area contributed by atoms with Crippen LogP contribution in [-0.2, 0) is 9.63 Å². The van der Waals surface area contributed by atoms with Gasteiger partial charge < -0.3 is 5.32 Å². The number of likely N-dealkylation sites (N-methyl/N-ethyl adjacent to an activating group) is 1. The first-order valence-corrected chi connectivity index (χ1v) is 8.51. The van der Waals surface area contributed by atoms with Crippen molar-refractivity contribution in [3.8, 4) is 0 Å². The molecular weight excluding hydrogens is 276 g/mol. The predicted molar refractivity (Wildman–Crippen MR) is 86.1 cm³/mol. The Labute approximate surface area is 132 Å². The Kier molecular flexibility index (Phi) is 5.11. The van der Waals surface area contributed by atoms with Gasteiger partial charge in [0, 0.05) is 13.1 Å². The molecule has 2 aliphatic rings. The van der Waals surface area contributed by atoms with E-state index in [-0.39, 0.29) is 18.1 Å². The van der Waals surface area contributed by atoms with E-state index < -0.39 is 0 Å². The number of amides is 1. The van der Waals surface area contributed by atoms with Crippen LogP contribution in [0.15, 0.2) is 30.3 Å². The van der Waals surface area contributed by atoms with Crippen molar-refractivity contribution in [2.45, 2.75) is 63.1 Å². The fourth-order valence-electron chi connectivity index (χ4n) is 3.54. The van der Waals surface area contributed by atoms with E-state index >= 15 is 0 Å². The quantitative estimate of drug-likeness (QED) is 0.932. The van der Waals surface area contributed by atoms with Crippen molar-refractivity contribution in [2.75, 3.05) is 7.05 Å². The zero-order chi connectivity index (χ0) is 15.4. The minimum absolute atomic E-state index is 0.0379. The van der Waals surface area contributed by atoms with E-state index in [9.17, 15) is 4.79 Å². The maximum absolute atomic E-state index is 12.5. The second-order valence-corrected chi connectivity index (χ2v) is 6.46. The largest absolute Gasteiger partial charge is 0.300 e. The smallest absolute Gasteiger partial charge is 0.266 e. The standard InChI is InChI=1S/C18H26N2O2/c1-20-18(21)16(17(22-20)14-10-6-5-7-11-14)19-15-12-8-3-2-4-9-13-15/h5-7,10-11,15-17,19H,2-4,8-9,12-13H2,1H3/t16-,17-/m1/s1. The lowest BCUT2D eigenvalue weighted by atomic mass is 9.94. The predicted octanol–water partition coefficient (Wildman–Crippen LogP) is 3.20. The van der Waals surface area contributed by atoms with Gasteiger partial charge in [-0.25, -0.2) is 5.06 Å². The highest BCUT2D eigenvalue weighted by Gasteiger charge is 2.42. The number of rotatable bonds is 3. The molecule has 0 radical (unpaired) electrons. The summed E-state index contributed by atoms with van der Waals surface area (Å²) in [5, 5.41) is 4.99. The van der Waals surface area contributed by atoms with E-state index in [4.69, 9.17) is 4.84 Å². The van der Waals surface area contributed by atoms with Crippen LogP contribution in [0.5, 0.6) is 0 Å². The molecule has 0 unspecified atom stereocenters. The molecular formula is C18H26N2O2. The number of nitrogens with one attached hydrogen (secondary N) is 1. The van der Waals surface area contributed by atoms with Crippen LogP contribution in [0.3, 0.4) is 0 Å². The van der Waals surface area contributed by atoms with Crippen LogP contribution in [0.25, 0.3) is 0 Å². The summed E-state index contributed by atoms with van der Waals surface area (Å²) in [4.78, 5) is 18.2. The van der Waals surface area contributed by atoms with Crippen molar-refractivity contribution in [1.29, 1.82) is 0 Å². The molecule has 1 aliphatic carbocycles. The van der Waals surface area contributed by atoms with Crippen LogP contribution in [0, 0.1) is 0 Å². The number of hydroxylamine groups is 2. The Hall–Kier alpha value is -1.39. The van der Waals surface area contributed by atoms with Crippen LogP contribution >= 0.6 is 0 Å². The second-order valence-electron chi connectivity index (χ2n) is 6.46. The van der Waals surface area contributed by atoms with Gasteiger partial charge in [-0.15, -0.1) is 0 Å². The van der Waals surface area contributed by atoms with Crippen molar-refractivity contribution in [1.82, 2.24) is 10.4 Å². The SMILES string of the molecule is CN1O[C@H](c2ccccc2)[C@@H](NC2CCCCCCC2)C1=O. The van der Waals surface area contributed by atoms with Crippen molar-refractivity contribution in [3.05, 3.63) is 35.9 Å². The average Bonchev–Trinajstić information content (AvgIpc) is 2.79. The molecule has 22 heavy (non-hydrogen) atoms. The van der Waals surface area contributed by atoms with Crippen LogP contribution < -0.4 is 5.32 Å². The highest BCUT2D eigenvalue weighted by atomic mass is 16.7. The average molecular weight is 302 g/mol. The molecule has 1 heterocycles. The number of carbonyl (C=O) groups is 1. The van der Waals surface area contributed by atoms with Crippen LogP contribution in [-0.4, -0.2) is 30.1 Å². The lowest BCUT2D eigenvalue weighted by molar-refractivity contribution is -0.164. The molecule has 1 aromatic rings. The minimum Gasteiger partial charge on any atom is -0.300 e. The molecule has 1 saturated heterocycles. The van der Waals surface area contributed by atoms with Gasteiger partial charge in [0.1, 0.15) is 12.1 Å². The minimum atomic E-state index is -0.267. The summed E-state index contributed by atoms with van der Waals surface area (Å²) >= 11 is 0. The van der Waals surface area contributed by atoms with E-state index in [1.807, 2.05) is 30.3 Å². The fourth-order valence-corrected chi connectivity index (χ4v) is 3.54. The zero-order valence-electron chi connectivity index (χ0n) is 13.3. The van der Waals surface area contributed by atoms with Crippen molar-refractivity contribution >= 4 is 5.91 Å². The van der Waals surface area contributed by atoms with E-state index in [0.717, 1.165) is 18.4 Å². The Bertz CT molecular complexity index is 483. The molecule has 0 aromatic heterocycles. The molecule has 120 valence electrons. The number of hydrogen-bond donors (Lipinski definition) is 1. The maximum Gasteiger partial charge on any atom is 0.266 e. The number of benzene rings is 1. The Balaban J connectivity index is 1.72. The van der Waals surface area contributed by atoms with E-state index in [1.54, 1.807) is 7.05 Å². The van der Waals surface area contributed by atoms with Gasteiger partial charge in [0.05, 0.1) is 0 Å². The maximum atomic E-state index is 12.5. The van der Waals surface area contributed by atoms with Gasteiger partial charge in [0.2, 0.25) is 0 Å². The third kappa shape index (κ3) is 3.50. The van der Waals surface area contributed by atoms with Gasteiger partial charge in [-0.2, -0.15) is 0 Å². The van der Waals surface area contributed by atoms with Crippen LogP contribution in [0.4, 0.5) is 0 Å². The van der Waals surface area contributed by atoms with Gasteiger partial charge >= 0.3 is 0 Å². The van der Waals surface area contributed by atoms with Crippen molar-refractivity contribution in [3.63, 3.8) is 0 Å². The molecule has 4 heteroatoms. The van der Waals surface area contributed by atoms with Gasteiger partial charge in [-0.05, 0) is 18.4 Å². The van der Waals surface area contributed by atoms with Gasteiger partial charge in [0.25, 0.3) is 5.91 Å². The molecule has 1 saturated carbocycles. The summed E-state index contributed by atoms with van der Waals surface area (Å²) in [7, 11) is 1.71. The Morgan fingerprint density at radius 2 is 1.68 bits per heavy atom. The summed E-state index contributed by atoms with van der Waals surface area (Å²) < 4.78 is 0. The molecule has 1 aliphatic heterocycles. The van der Waals surface area contributed by atoms with E-state index in [0.29, 0.717) is 6.04 Å². The van der Waals surface area contributed by atoms with Gasteiger partial charge in [-0.3, -0.25) is 9.63 Å². The van der Waals surface area contributed by atoms with Crippen molar-refractivity contribution in [2.24, 2.45) is 0 Å². The summed E-state index contributed by atoms with van der Waals surface area (Å²) in [6, 6.07) is 10.2. The third-order valence-corrected chi connectivity index (χ3v) is 4.80. The van der Waals surface area contributed by atoms with E-state index in [1.165, 1.54) is 37.2 Å².